The van der Waals surface area contributed by atoms with Crippen LogP contribution >= 0.6 is 0 Å². The normalized spacial score (nSPS) is 15.0. The van der Waals surface area contributed by atoms with Gasteiger partial charge in [-0.3, -0.25) is 0 Å². The molecule has 0 fully saturated rings. The van der Waals surface area contributed by atoms with E-state index in [0.717, 1.165) is 39.5 Å². The Morgan fingerprint density at radius 3 is 0.991 bits per heavy atom. The van der Waals surface area contributed by atoms with Crippen molar-refractivity contribution in [2.45, 2.75) is 16.2 Å². The van der Waals surface area contributed by atoms with Gasteiger partial charge in [-0.25, -0.2) is 0 Å². The van der Waals surface area contributed by atoms with E-state index in [-0.39, 0.29) is 6.71 Å². The molecule has 3 heterocycles. The minimum absolute atomic E-state index is 0.385. The van der Waals surface area contributed by atoms with Crippen LogP contribution in [0.15, 0.2) is 376 Å². The Morgan fingerprint density at radius 1 is 0.202 bits per heavy atom. The average Bonchev–Trinajstić information content (AvgIpc) is 1.44. The van der Waals surface area contributed by atoms with Crippen LogP contribution in [0.4, 0.5) is 34.1 Å². The van der Waals surface area contributed by atoms with Crippen molar-refractivity contribution >= 4 is 79.0 Å². The zero-order chi connectivity index (χ0) is 70.7. The standard InChI is InChI=1S/C105H62BN3/c1-2-27-63(28-3-1)64-53-55-65(56-54-64)107-93-59-57-77-73-35-10-21-46-86(73)104(82-42-17-6-31-69(82)70-32-7-18-43-83(70)104)98(77)101(93)106-100-95(107)61-66(108-90-50-24-13-37-75(90)76-38-14-25-51-91(76)108)62-96(100)109(92-52-26-49-89-97(92)79-39-12-23-48-88(79)103(89)80-40-15-4-29-67(80)68-30-5-16-41-81(68)103)94-60-58-78-74-36-11-22-47-87(74)105(99(78)102(94)106)84-44-19-8-33-71(84)72-34-9-20-45-85(72)105/h1-62H. The molecule has 0 saturated heterocycles. The fourth-order valence-electron chi connectivity index (χ4n) is 23.0. The van der Waals surface area contributed by atoms with Crippen LogP contribution in [0.5, 0.6) is 0 Å². The molecule has 0 N–H and O–H groups in total. The van der Waals surface area contributed by atoms with Crippen molar-refractivity contribution in [3.05, 3.63) is 443 Å². The zero-order valence-electron chi connectivity index (χ0n) is 59.2. The summed E-state index contributed by atoms with van der Waals surface area (Å²) in [6.45, 7) is -0.385. The van der Waals surface area contributed by atoms with Crippen molar-refractivity contribution in [1.82, 2.24) is 4.57 Å². The first-order valence-corrected chi connectivity index (χ1v) is 38.4. The molecule has 18 aromatic rings. The van der Waals surface area contributed by atoms with E-state index < -0.39 is 16.2 Å². The maximum atomic E-state index is 2.81. The van der Waals surface area contributed by atoms with Crippen LogP contribution < -0.4 is 26.2 Å². The molecule has 26 rings (SSSR count). The van der Waals surface area contributed by atoms with Gasteiger partial charge >= 0.3 is 0 Å². The van der Waals surface area contributed by atoms with E-state index in [1.807, 2.05) is 0 Å². The van der Waals surface area contributed by atoms with Gasteiger partial charge in [0.25, 0.3) is 6.71 Å². The lowest BCUT2D eigenvalue weighted by atomic mass is 9.30. The first-order valence-electron chi connectivity index (χ1n) is 38.4. The molecule has 0 radical (unpaired) electrons. The Morgan fingerprint density at radius 2 is 0.541 bits per heavy atom. The van der Waals surface area contributed by atoms with E-state index in [0.29, 0.717) is 0 Å². The number of nitrogens with zero attached hydrogens (tertiary/aromatic N) is 3. The largest absolute Gasteiger partial charge is 0.311 e. The summed E-state index contributed by atoms with van der Waals surface area (Å²) in [5.74, 6) is 0. The summed E-state index contributed by atoms with van der Waals surface area (Å²) in [6, 6.07) is 146. The highest BCUT2D eigenvalue weighted by Crippen LogP contribution is 2.69. The summed E-state index contributed by atoms with van der Waals surface area (Å²) in [5.41, 5.74) is 45.7. The summed E-state index contributed by atoms with van der Waals surface area (Å²) in [4.78, 5) is 5.52. The molecule has 17 aromatic carbocycles. The summed E-state index contributed by atoms with van der Waals surface area (Å²) < 4.78 is 2.57. The van der Waals surface area contributed by atoms with Crippen LogP contribution in [-0.4, -0.2) is 11.3 Å². The quantitative estimate of drug-likeness (QED) is 0.163. The van der Waals surface area contributed by atoms with E-state index in [1.54, 1.807) is 0 Å². The predicted octanol–water partition coefficient (Wildman–Crippen LogP) is 23.6. The fourth-order valence-corrected chi connectivity index (χ4v) is 23.0. The van der Waals surface area contributed by atoms with Crippen molar-refractivity contribution in [2.24, 2.45) is 0 Å². The van der Waals surface area contributed by atoms with Gasteiger partial charge in [-0.05, 0) is 210 Å². The van der Waals surface area contributed by atoms with Gasteiger partial charge in [-0.1, -0.05) is 322 Å². The SMILES string of the molecule is c1ccc(-c2ccc(N3c4cc(-n5c6ccccc6c6ccccc65)cc5c4B(c4c3ccc3c4C4(c6ccccc6-c6ccccc64)c4ccccc4-3)c3c(ccc4c3C3(c6ccccc6-c6ccccc63)c3ccccc3-4)N5c3cccc4c3-c3ccccc3C43c4ccccc4-c4ccccc43)cc2)cc1. The van der Waals surface area contributed by atoms with Gasteiger partial charge in [0.1, 0.15) is 0 Å². The number of para-hydroxylation sites is 2. The second-order valence-corrected chi connectivity index (χ2v) is 31.0. The van der Waals surface area contributed by atoms with Crippen LogP contribution in [0.1, 0.15) is 66.8 Å². The molecule has 3 nitrogen and oxygen atoms in total. The molecule has 6 aliphatic carbocycles. The van der Waals surface area contributed by atoms with Crippen molar-refractivity contribution in [3.63, 3.8) is 0 Å². The van der Waals surface area contributed by atoms with Gasteiger partial charge in [0.05, 0.1) is 38.7 Å². The molecule has 8 aliphatic rings. The number of hydrogen-bond donors (Lipinski definition) is 0. The highest BCUT2D eigenvalue weighted by atomic mass is 15.2. The van der Waals surface area contributed by atoms with E-state index in [1.165, 1.54) is 183 Å². The molecule has 0 amide bonds. The van der Waals surface area contributed by atoms with Crippen LogP contribution in [0.3, 0.4) is 0 Å². The highest BCUT2D eigenvalue weighted by Gasteiger charge is 2.61. The van der Waals surface area contributed by atoms with Crippen LogP contribution in [0.2, 0.25) is 0 Å². The number of fused-ring (bicyclic) bond motifs is 39. The third kappa shape index (κ3) is 6.88. The van der Waals surface area contributed by atoms with Crippen molar-refractivity contribution in [2.75, 3.05) is 9.80 Å². The lowest BCUT2D eigenvalue weighted by molar-refractivity contribution is 0.793. The minimum Gasteiger partial charge on any atom is -0.311 e. The summed E-state index contributed by atoms with van der Waals surface area (Å²) in [6.07, 6.45) is 0. The molecule has 4 heteroatoms. The van der Waals surface area contributed by atoms with E-state index >= 15 is 0 Å². The van der Waals surface area contributed by atoms with Crippen molar-refractivity contribution < 1.29 is 0 Å². The Kier molecular flexibility index (Phi) is 11.2. The third-order valence-corrected chi connectivity index (χ3v) is 26.6. The Balaban J connectivity index is 0.885. The average molecular weight is 1380 g/mol. The van der Waals surface area contributed by atoms with Crippen LogP contribution in [0, 0.1) is 0 Å². The number of rotatable bonds is 4. The second-order valence-electron chi connectivity index (χ2n) is 31.0. The molecule has 1 aromatic heterocycles. The molecule has 0 saturated carbocycles. The first-order chi connectivity index (χ1) is 54.1. The van der Waals surface area contributed by atoms with Gasteiger partial charge in [0, 0.05) is 44.8 Å². The molecular weight excluding hydrogens is 1310 g/mol. The Labute approximate surface area is 631 Å². The number of benzene rings is 17. The van der Waals surface area contributed by atoms with Crippen LogP contribution in [-0.2, 0) is 16.2 Å². The summed E-state index contributed by atoms with van der Waals surface area (Å²) in [7, 11) is 0. The summed E-state index contributed by atoms with van der Waals surface area (Å²) >= 11 is 0. The molecule has 0 bridgehead atoms. The van der Waals surface area contributed by atoms with Gasteiger partial charge in [-0.15, -0.1) is 0 Å². The molecule has 3 spiro atoms. The third-order valence-electron chi connectivity index (χ3n) is 26.6. The summed E-state index contributed by atoms with van der Waals surface area (Å²) in [5, 5.41) is 2.44. The molecule has 0 unspecified atom stereocenters. The molecule has 2 aliphatic heterocycles. The number of hydrogen-bond acceptors (Lipinski definition) is 2. The monoisotopic (exact) mass is 1380 g/mol. The van der Waals surface area contributed by atoms with Gasteiger partial charge in [0.15, 0.2) is 0 Å². The Hall–Kier alpha value is -13.8. The van der Waals surface area contributed by atoms with Crippen molar-refractivity contribution in [1.29, 1.82) is 0 Å². The van der Waals surface area contributed by atoms with Crippen molar-refractivity contribution in [3.8, 4) is 83.6 Å². The minimum atomic E-state index is -0.751. The van der Waals surface area contributed by atoms with E-state index in [9.17, 15) is 0 Å². The molecule has 109 heavy (non-hydrogen) atoms. The maximum absolute atomic E-state index is 2.81. The number of anilines is 6. The molecule has 0 atom stereocenters. The van der Waals surface area contributed by atoms with Gasteiger partial charge < -0.3 is 14.4 Å². The van der Waals surface area contributed by atoms with Crippen LogP contribution in [0.25, 0.3) is 105 Å². The molecular formula is C105H62BN3. The zero-order valence-corrected chi connectivity index (χ0v) is 59.2. The van der Waals surface area contributed by atoms with E-state index in [2.05, 4.69) is 390 Å². The molecule has 500 valence electrons. The van der Waals surface area contributed by atoms with Gasteiger partial charge in [0.2, 0.25) is 0 Å². The first kappa shape index (κ1) is 58.5. The van der Waals surface area contributed by atoms with Gasteiger partial charge in [-0.2, -0.15) is 0 Å². The maximum Gasteiger partial charge on any atom is 0.253 e. The second kappa shape index (κ2) is 20.8. The highest BCUT2D eigenvalue weighted by molar-refractivity contribution is 7.01. The smallest absolute Gasteiger partial charge is 0.253 e. The Bertz CT molecular complexity index is 6930. The fraction of sp³-hybridized carbons (Fsp3) is 0.0286. The van der Waals surface area contributed by atoms with E-state index in [4.69, 9.17) is 0 Å². The lowest BCUT2D eigenvalue weighted by Gasteiger charge is -2.48. The topological polar surface area (TPSA) is 11.4 Å². The predicted molar refractivity (Wildman–Crippen MR) is 449 cm³/mol. The number of aromatic nitrogens is 1. The lowest BCUT2D eigenvalue weighted by Crippen LogP contribution is -2.64.